The van der Waals surface area contributed by atoms with Gasteiger partial charge in [0.2, 0.25) is 0 Å². The molecule has 0 aliphatic carbocycles. The average molecular weight is 348 g/mol. The van der Waals surface area contributed by atoms with Crippen molar-refractivity contribution < 1.29 is 14.3 Å². The minimum Gasteiger partial charge on any atom is -0.456 e. The predicted molar refractivity (Wildman–Crippen MR) is 97.5 cm³/mol. The first-order valence-corrected chi connectivity index (χ1v) is 9.59. The van der Waals surface area contributed by atoms with Gasteiger partial charge in [0.1, 0.15) is 5.76 Å². The van der Waals surface area contributed by atoms with E-state index in [-0.39, 0.29) is 11.3 Å². The van der Waals surface area contributed by atoms with E-state index in [1.54, 1.807) is 0 Å². The first-order valence-electron chi connectivity index (χ1n) is 9.59. The smallest absolute Gasteiger partial charge is 0.289 e. The van der Waals surface area contributed by atoms with Crippen molar-refractivity contribution in [2.75, 3.05) is 26.2 Å². The second kappa shape index (κ2) is 6.76. The third kappa shape index (κ3) is 3.63. The molecule has 25 heavy (non-hydrogen) atoms. The second-order valence-corrected chi connectivity index (χ2v) is 8.53. The summed E-state index contributed by atoms with van der Waals surface area (Å²) in [6.07, 6.45) is 3.91. The first-order chi connectivity index (χ1) is 11.7. The first kappa shape index (κ1) is 18.5. The van der Waals surface area contributed by atoms with Crippen LogP contribution in [0.5, 0.6) is 0 Å². The molecule has 1 amide bonds. The molecule has 0 spiro atoms. The molecule has 1 N–H and O–H groups in total. The fourth-order valence-electron chi connectivity index (χ4n) is 3.93. The average Bonchev–Trinajstić information content (AvgIpc) is 3.19. The molecule has 5 nitrogen and oxygen atoms in total. The van der Waals surface area contributed by atoms with Crippen molar-refractivity contribution in [3.05, 3.63) is 23.2 Å². The van der Waals surface area contributed by atoms with Crippen LogP contribution in [0.1, 0.15) is 68.8 Å². The Morgan fingerprint density at radius 1 is 1.24 bits per heavy atom. The number of likely N-dealkylation sites (tertiary alicyclic amines) is 2. The molecule has 140 valence electrons. The molecular formula is C20H32N2O3. The van der Waals surface area contributed by atoms with E-state index in [9.17, 15) is 9.90 Å². The zero-order chi connectivity index (χ0) is 18.2. The van der Waals surface area contributed by atoms with Crippen LogP contribution in [0.15, 0.2) is 10.5 Å². The summed E-state index contributed by atoms with van der Waals surface area (Å²) in [5.74, 6) is 1.33. The maximum absolute atomic E-state index is 13.0. The number of amides is 1. The molecule has 5 heteroatoms. The lowest BCUT2D eigenvalue weighted by Gasteiger charge is -2.48. The highest BCUT2D eigenvalue weighted by Crippen LogP contribution is 2.38. The van der Waals surface area contributed by atoms with Crippen molar-refractivity contribution in [1.82, 2.24) is 9.80 Å². The maximum atomic E-state index is 13.0. The van der Waals surface area contributed by atoms with Crippen molar-refractivity contribution in [1.29, 1.82) is 0 Å². The Balaban J connectivity index is 1.75. The van der Waals surface area contributed by atoms with E-state index in [0.29, 0.717) is 25.3 Å². The van der Waals surface area contributed by atoms with Gasteiger partial charge in [-0.05, 0) is 45.3 Å². The molecule has 1 aromatic heterocycles. The summed E-state index contributed by atoms with van der Waals surface area (Å²) in [5.41, 5.74) is 0.0676. The molecule has 0 aromatic carbocycles. The number of nitrogens with zero attached hydrogens (tertiary/aromatic N) is 2. The second-order valence-electron chi connectivity index (χ2n) is 8.53. The monoisotopic (exact) mass is 348 g/mol. The Morgan fingerprint density at radius 3 is 2.52 bits per heavy atom. The summed E-state index contributed by atoms with van der Waals surface area (Å²) in [5, 5.41) is 10.6. The van der Waals surface area contributed by atoms with E-state index in [0.717, 1.165) is 37.4 Å². The normalized spacial score (nSPS) is 27.0. The zero-order valence-electron chi connectivity index (χ0n) is 16.1. The van der Waals surface area contributed by atoms with Gasteiger partial charge in [0.05, 0.1) is 5.60 Å². The number of carbonyl (C=O) groups is 1. The molecule has 0 bridgehead atoms. The lowest BCUT2D eigenvalue weighted by atomic mass is 9.71. The van der Waals surface area contributed by atoms with Gasteiger partial charge in [-0.2, -0.15) is 0 Å². The standard InChI is InChI=1S/C20H32N2O3/c1-5-16-15(13-21-9-6-7-10-21)12-17(25-16)18(23)22-11-8-20(4,24)19(2,3)14-22/h12,24H,5-11,13-14H2,1-4H3/t20-/m0/s1. The Labute approximate surface area is 151 Å². The molecule has 2 saturated heterocycles. The van der Waals surface area contributed by atoms with E-state index in [2.05, 4.69) is 11.8 Å². The number of carbonyl (C=O) groups excluding carboxylic acids is 1. The van der Waals surface area contributed by atoms with Crippen molar-refractivity contribution in [2.45, 2.75) is 65.5 Å². The van der Waals surface area contributed by atoms with Gasteiger partial charge in [-0.1, -0.05) is 20.8 Å². The molecular weight excluding hydrogens is 316 g/mol. The minimum atomic E-state index is -0.748. The van der Waals surface area contributed by atoms with E-state index in [4.69, 9.17) is 4.42 Å². The van der Waals surface area contributed by atoms with Crippen molar-refractivity contribution in [2.24, 2.45) is 5.41 Å². The van der Waals surface area contributed by atoms with Gasteiger partial charge in [-0.3, -0.25) is 9.69 Å². The van der Waals surface area contributed by atoms with Crippen molar-refractivity contribution in [3.8, 4) is 0 Å². The molecule has 3 rings (SSSR count). The third-order valence-electron chi connectivity index (χ3n) is 6.22. The highest BCUT2D eigenvalue weighted by atomic mass is 16.4. The number of aliphatic hydroxyl groups is 1. The minimum absolute atomic E-state index is 0.0500. The molecule has 0 radical (unpaired) electrons. The van der Waals surface area contributed by atoms with Gasteiger partial charge >= 0.3 is 0 Å². The molecule has 2 fully saturated rings. The SMILES string of the molecule is CCc1oc(C(=O)N2CC[C@](C)(O)C(C)(C)C2)cc1CN1CCCC1. The molecule has 0 unspecified atom stereocenters. The van der Waals surface area contributed by atoms with Gasteiger partial charge in [0.25, 0.3) is 5.91 Å². The molecule has 0 saturated carbocycles. The summed E-state index contributed by atoms with van der Waals surface area (Å²) in [4.78, 5) is 17.2. The van der Waals surface area contributed by atoms with Gasteiger partial charge in [0, 0.05) is 37.0 Å². The Bertz CT molecular complexity index is 627. The quantitative estimate of drug-likeness (QED) is 0.908. The third-order valence-corrected chi connectivity index (χ3v) is 6.22. The number of piperidine rings is 1. The largest absolute Gasteiger partial charge is 0.456 e. The fourth-order valence-corrected chi connectivity index (χ4v) is 3.93. The van der Waals surface area contributed by atoms with Crippen LogP contribution in [0.4, 0.5) is 0 Å². The van der Waals surface area contributed by atoms with Crippen molar-refractivity contribution >= 4 is 5.91 Å². The summed E-state index contributed by atoms with van der Waals surface area (Å²) in [6, 6.07) is 1.94. The van der Waals surface area contributed by atoms with Crippen molar-refractivity contribution in [3.63, 3.8) is 0 Å². The predicted octanol–water partition coefficient (Wildman–Crippen LogP) is 3.06. The molecule has 2 aliphatic rings. The summed E-state index contributed by atoms with van der Waals surface area (Å²) in [6.45, 7) is 12.2. The van der Waals surface area contributed by atoms with E-state index in [1.807, 2.05) is 31.7 Å². The number of hydrogen-bond acceptors (Lipinski definition) is 4. The van der Waals surface area contributed by atoms with Gasteiger partial charge < -0.3 is 14.4 Å². The highest BCUT2D eigenvalue weighted by Gasteiger charge is 2.45. The van der Waals surface area contributed by atoms with E-state index >= 15 is 0 Å². The van der Waals surface area contributed by atoms with Gasteiger partial charge in [0.15, 0.2) is 5.76 Å². The van der Waals surface area contributed by atoms with Crippen LogP contribution in [0.3, 0.4) is 0 Å². The maximum Gasteiger partial charge on any atom is 0.289 e. The highest BCUT2D eigenvalue weighted by molar-refractivity contribution is 5.92. The fraction of sp³-hybridized carbons (Fsp3) is 0.750. The number of hydrogen-bond donors (Lipinski definition) is 1. The van der Waals surface area contributed by atoms with Crippen LogP contribution in [0.25, 0.3) is 0 Å². The summed E-state index contributed by atoms with van der Waals surface area (Å²) >= 11 is 0. The molecule has 2 aliphatic heterocycles. The summed E-state index contributed by atoms with van der Waals surface area (Å²) < 4.78 is 5.93. The lowest BCUT2D eigenvalue weighted by molar-refractivity contribution is -0.0974. The van der Waals surface area contributed by atoms with Crippen LogP contribution >= 0.6 is 0 Å². The number of furan rings is 1. The Hall–Kier alpha value is -1.33. The molecule has 1 aromatic rings. The number of rotatable bonds is 4. The van der Waals surface area contributed by atoms with Crippen LogP contribution in [-0.4, -0.2) is 52.6 Å². The molecule has 1 atom stereocenters. The summed E-state index contributed by atoms with van der Waals surface area (Å²) in [7, 11) is 0. The van der Waals surface area contributed by atoms with Crippen LogP contribution < -0.4 is 0 Å². The number of aryl methyl sites for hydroxylation is 1. The Morgan fingerprint density at radius 2 is 1.92 bits per heavy atom. The van der Waals surface area contributed by atoms with Crippen LogP contribution in [-0.2, 0) is 13.0 Å². The van der Waals surface area contributed by atoms with Crippen LogP contribution in [0, 0.1) is 5.41 Å². The van der Waals surface area contributed by atoms with E-state index < -0.39 is 5.60 Å². The van der Waals surface area contributed by atoms with Gasteiger partial charge in [-0.25, -0.2) is 0 Å². The van der Waals surface area contributed by atoms with Gasteiger partial charge in [-0.15, -0.1) is 0 Å². The topological polar surface area (TPSA) is 56.9 Å². The molecule has 3 heterocycles. The van der Waals surface area contributed by atoms with E-state index in [1.165, 1.54) is 12.8 Å². The zero-order valence-corrected chi connectivity index (χ0v) is 16.1. The lowest BCUT2D eigenvalue weighted by Crippen LogP contribution is -2.56. The Kier molecular flexibility index (Phi) is 5.00. The van der Waals surface area contributed by atoms with Crippen LogP contribution in [0.2, 0.25) is 0 Å².